The van der Waals surface area contributed by atoms with Crippen LogP contribution >= 0.6 is 0 Å². The van der Waals surface area contributed by atoms with Crippen LogP contribution in [0.1, 0.15) is 21.7 Å². The molecule has 2 aromatic rings. The zero-order valence-corrected chi connectivity index (χ0v) is 11.8. The van der Waals surface area contributed by atoms with Crippen LogP contribution in [0.3, 0.4) is 0 Å². The number of carbonyl (C=O) groups is 2. The van der Waals surface area contributed by atoms with Gasteiger partial charge in [-0.15, -0.1) is 0 Å². The Hall–Kier alpha value is -2.83. The third kappa shape index (κ3) is 3.59. The average molecular weight is 288 g/mol. The molecule has 7 heteroatoms. The van der Waals surface area contributed by atoms with Gasteiger partial charge in [-0.25, -0.2) is 0 Å². The van der Waals surface area contributed by atoms with E-state index in [0.717, 1.165) is 0 Å². The molecule has 4 N–H and O–H groups in total. The Kier molecular flexibility index (Phi) is 4.22. The van der Waals surface area contributed by atoms with Crippen molar-refractivity contribution in [2.24, 2.45) is 5.73 Å². The lowest BCUT2D eigenvalue weighted by Crippen LogP contribution is -2.22. The lowest BCUT2D eigenvalue weighted by Gasteiger charge is -2.11. The van der Waals surface area contributed by atoms with Crippen LogP contribution in [0.15, 0.2) is 28.8 Å². The molecule has 1 aromatic carbocycles. The lowest BCUT2D eigenvalue weighted by atomic mass is 10.1. The maximum Gasteiger partial charge on any atom is 0.249 e. The van der Waals surface area contributed by atoms with Crippen LogP contribution in [0, 0.1) is 13.8 Å². The van der Waals surface area contributed by atoms with Crippen LogP contribution in [-0.4, -0.2) is 23.5 Å². The number of anilines is 2. The molecular weight excluding hydrogens is 272 g/mol. The van der Waals surface area contributed by atoms with Crippen molar-refractivity contribution in [3.05, 3.63) is 41.2 Å². The first-order valence-corrected chi connectivity index (χ1v) is 6.34. The zero-order valence-electron chi connectivity index (χ0n) is 11.8. The SMILES string of the molecule is Cc1cc(NC(=O)CNc2cccc(C(N)=O)c2C)no1. The van der Waals surface area contributed by atoms with E-state index >= 15 is 0 Å². The van der Waals surface area contributed by atoms with Gasteiger partial charge in [-0.3, -0.25) is 9.59 Å². The smallest absolute Gasteiger partial charge is 0.249 e. The summed E-state index contributed by atoms with van der Waals surface area (Å²) in [7, 11) is 0. The quantitative estimate of drug-likeness (QED) is 0.771. The van der Waals surface area contributed by atoms with E-state index in [2.05, 4.69) is 15.8 Å². The van der Waals surface area contributed by atoms with Gasteiger partial charge in [0.2, 0.25) is 11.8 Å². The van der Waals surface area contributed by atoms with Crippen molar-refractivity contribution in [1.82, 2.24) is 5.16 Å². The van der Waals surface area contributed by atoms with Gasteiger partial charge in [-0.2, -0.15) is 0 Å². The normalized spacial score (nSPS) is 10.2. The van der Waals surface area contributed by atoms with Gasteiger partial charge in [-0.05, 0) is 31.5 Å². The number of primary amides is 1. The monoisotopic (exact) mass is 288 g/mol. The van der Waals surface area contributed by atoms with Gasteiger partial charge in [0.25, 0.3) is 0 Å². The summed E-state index contributed by atoms with van der Waals surface area (Å²) in [6, 6.07) is 6.74. The largest absolute Gasteiger partial charge is 0.376 e. The van der Waals surface area contributed by atoms with E-state index in [-0.39, 0.29) is 12.5 Å². The van der Waals surface area contributed by atoms with Crippen LogP contribution in [0.25, 0.3) is 0 Å². The summed E-state index contributed by atoms with van der Waals surface area (Å²) < 4.78 is 4.85. The number of nitrogens with two attached hydrogens (primary N) is 1. The fourth-order valence-corrected chi connectivity index (χ4v) is 1.88. The Balaban J connectivity index is 1.98. The number of rotatable bonds is 5. The van der Waals surface area contributed by atoms with E-state index in [1.165, 1.54) is 0 Å². The van der Waals surface area contributed by atoms with Crippen LogP contribution < -0.4 is 16.4 Å². The first kappa shape index (κ1) is 14.6. The second-order valence-corrected chi connectivity index (χ2v) is 4.57. The molecule has 0 unspecified atom stereocenters. The minimum Gasteiger partial charge on any atom is -0.376 e. The molecule has 0 aliphatic heterocycles. The number of nitrogens with zero attached hydrogens (tertiary/aromatic N) is 1. The molecule has 0 fully saturated rings. The van der Waals surface area contributed by atoms with E-state index in [4.69, 9.17) is 10.3 Å². The van der Waals surface area contributed by atoms with Crippen molar-refractivity contribution in [2.45, 2.75) is 13.8 Å². The number of carbonyl (C=O) groups excluding carboxylic acids is 2. The van der Waals surface area contributed by atoms with Crippen molar-refractivity contribution in [1.29, 1.82) is 0 Å². The van der Waals surface area contributed by atoms with Gasteiger partial charge >= 0.3 is 0 Å². The summed E-state index contributed by atoms with van der Waals surface area (Å²) in [6.45, 7) is 3.54. The molecule has 21 heavy (non-hydrogen) atoms. The highest BCUT2D eigenvalue weighted by atomic mass is 16.5. The molecule has 0 spiro atoms. The fraction of sp³-hybridized carbons (Fsp3) is 0.214. The highest BCUT2D eigenvalue weighted by Crippen LogP contribution is 2.18. The van der Waals surface area contributed by atoms with E-state index in [1.54, 1.807) is 38.1 Å². The van der Waals surface area contributed by atoms with Crippen LogP contribution in [-0.2, 0) is 4.79 Å². The highest BCUT2D eigenvalue weighted by Gasteiger charge is 2.10. The second kappa shape index (κ2) is 6.08. The molecule has 2 amide bonds. The number of aromatic nitrogens is 1. The topological polar surface area (TPSA) is 110 Å². The maximum absolute atomic E-state index is 11.8. The predicted molar refractivity (Wildman–Crippen MR) is 78.1 cm³/mol. The van der Waals surface area contributed by atoms with Crippen molar-refractivity contribution in [3.63, 3.8) is 0 Å². The zero-order chi connectivity index (χ0) is 15.4. The summed E-state index contributed by atoms with van der Waals surface area (Å²) in [5.74, 6) is 0.205. The third-order valence-corrected chi connectivity index (χ3v) is 2.93. The molecule has 2 rings (SSSR count). The van der Waals surface area contributed by atoms with E-state index < -0.39 is 5.91 Å². The molecule has 1 aromatic heterocycles. The summed E-state index contributed by atoms with van der Waals surface area (Å²) >= 11 is 0. The van der Waals surface area contributed by atoms with E-state index in [9.17, 15) is 9.59 Å². The van der Waals surface area contributed by atoms with E-state index in [0.29, 0.717) is 28.4 Å². The number of nitrogens with one attached hydrogen (secondary N) is 2. The summed E-state index contributed by atoms with van der Waals surface area (Å²) in [4.78, 5) is 23.0. The van der Waals surface area contributed by atoms with Gasteiger partial charge in [0.05, 0.1) is 6.54 Å². The van der Waals surface area contributed by atoms with Gasteiger partial charge in [-0.1, -0.05) is 11.2 Å². The fourth-order valence-electron chi connectivity index (χ4n) is 1.88. The first-order chi connectivity index (χ1) is 9.97. The highest BCUT2D eigenvalue weighted by molar-refractivity contribution is 5.96. The standard InChI is InChI=1S/C14H16N4O3/c1-8-6-12(18-21-8)17-13(19)7-16-11-5-3-4-10(9(11)2)14(15)20/h3-6,16H,7H2,1-2H3,(H2,15,20)(H,17,18,19). The average Bonchev–Trinajstić information content (AvgIpc) is 2.82. The van der Waals surface area contributed by atoms with E-state index in [1.807, 2.05) is 0 Å². The molecule has 0 bridgehead atoms. The molecule has 0 atom stereocenters. The molecule has 0 radical (unpaired) electrons. The van der Waals surface area contributed by atoms with Gasteiger partial charge in [0.1, 0.15) is 5.76 Å². The molecular formula is C14H16N4O3. The number of hydrogen-bond donors (Lipinski definition) is 3. The van der Waals surface area contributed by atoms with Crippen molar-refractivity contribution >= 4 is 23.3 Å². The molecule has 0 saturated carbocycles. The third-order valence-electron chi connectivity index (χ3n) is 2.93. The summed E-state index contributed by atoms with van der Waals surface area (Å²) in [6.07, 6.45) is 0. The molecule has 1 heterocycles. The molecule has 0 aliphatic carbocycles. The molecule has 0 aliphatic rings. The Labute approximate surface area is 121 Å². The minimum atomic E-state index is -0.501. The summed E-state index contributed by atoms with van der Waals surface area (Å²) in [5.41, 5.74) is 7.09. The Morgan fingerprint density at radius 2 is 2.10 bits per heavy atom. The minimum absolute atomic E-state index is 0.0367. The molecule has 7 nitrogen and oxygen atoms in total. The molecule has 110 valence electrons. The van der Waals surface area contributed by atoms with Crippen LogP contribution in [0.5, 0.6) is 0 Å². The molecule has 0 saturated heterocycles. The van der Waals surface area contributed by atoms with Crippen molar-refractivity contribution < 1.29 is 14.1 Å². The first-order valence-electron chi connectivity index (χ1n) is 6.34. The number of hydrogen-bond acceptors (Lipinski definition) is 5. The Morgan fingerprint density at radius 1 is 1.33 bits per heavy atom. The van der Waals surface area contributed by atoms with Crippen LogP contribution in [0.2, 0.25) is 0 Å². The summed E-state index contributed by atoms with van der Waals surface area (Å²) in [5, 5.41) is 9.22. The Morgan fingerprint density at radius 3 is 2.71 bits per heavy atom. The lowest BCUT2D eigenvalue weighted by molar-refractivity contribution is -0.114. The number of aryl methyl sites for hydroxylation is 1. The van der Waals surface area contributed by atoms with Gasteiger partial charge < -0.3 is 20.9 Å². The predicted octanol–water partition coefficient (Wildman–Crippen LogP) is 1.44. The Bertz CT molecular complexity index is 679. The maximum atomic E-state index is 11.8. The van der Waals surface area contributed by atoms with Gasteiger partial charge in [0, 0.05) is 17.3 Å². The van der Waals surface area contributed by atoms with Crippen LogP contribution in [0.4, 0.5) is 11.5 Å². The van der Waals surface area contributed by atoms with Crippen molar-refractivity contribution in [2.75, 3.05) is 17.2 Å². The van der Waals surface area contributed by atoms with Crippen molar-refractivity contribution in [3.8, 4) is 0 Å². The number of benzene rings is 1. The number of amides is 2. The van der Waals surface area contributed by atoms with Gasteiger partial charge in [0.15, 0.2) is 5.82 Å². The second-order valence-electron chi connectivity index (χ2n) is 4.57.